The number of carbonyl (C=O) groups excluding carboxylic acids is 3. The van der Waals surface area contributed by atoms with Gasteiger partial charge in [-0.1, -0.05) is 6.07 Å². The molecule has 1 fully saturated rings. The number of rotatable bonds is 6. The van der Waals surface area contributed by atoms with Gasteiger partial charge in [-0.2, -0.15) is 0 Å². The van der Waals surface area contributed by atoms with Crippen molar-refractivity contribution in [3.8, 4) is 11.5 Å². The molecule has 3 heterocycles. The Labute approximate surface area is 192 Å². The lowest BCUT2D eigenvalue weighted by Gasteiger charge is -2.27. The van der Waals surface area contributed by atoms with Crippen LogP contribution in [0.3, 0.4) is 0 Å². The van der Waals surface area contributed by atoms with E-state index in [-0.39, 0.29) is 23.8 Å². The predicted octanol–water partition coefficient (Wildman–Crippen LogP) is 3.07. The van der Waals surface area contributed by atoms with E-state index >= 15 is 0 Å². The third-order valence-electron chi connectivity index (χ3n) is 6.41. The highest BCUT2D eigenvalue weighted by Crippen LogP contribution is 2.39. The molecule has 2 aromatic rings. The molecule has 0 saturated carbocycles. The number of methoxy groups -OCH3 is 1. The lowest BCUT2D eigenvalue weighted by molar-refractivity contribution is 0.0638. The van der Waals surface area contributed by atoms with Gasteiger partial charge in [0.25, 0.3) is 17.7 Å². The molecule has 33 heavy (non-hydrogen) atoms. The number of amides is 3. The van der Waals surface area contributed by atoms with Crippen molar-refractivity contribution in [3.63, 3.8) is 0 Å². The summed E-state index contributed by atoms with van der Waals surface area (Å²) in [5.74, 6) is 0.602. The summed E-state index contributed by atoms with van der Waals surface area (Å²) >= 11 is 0. The second-order valence-corrected chi connectivity index (χ2v) is 8.43. The second kappa shape index (κ2) is 8.86. The number of hydrogen-bond donors (Lipinski definition) is 0. The minimum absolute atomic E-state index is 0.0792. The molecule has 0 unspecified atom stereocenters. The van der Waals surface area contributed by atoms with Crippen LogP contribution in [-0.2, 0) is 4.74 Å². The largest absolute Gasteiger partial charge is 0.486 e. The molecule has 0 spiro atoms. The number of ether oxygens (including phenoxy) is 3. The van der Waals surface area contributed by atoms with Crippen LogP contribution in [0, 0.1) is 0 Å². The minimum atomic E-state index is -0.356. The Morgan fingerprint density at radius 2 is 1.82 bits per heavy atom. The molecule has 3 amide bonds. The van der Waals surface area contributed by atoms with Crippen molar-refractivity contribution >= 4 is 17.7 Å². The van der Waals surface area contributed by atoms with Gasteiger partial charge in [-0.25, -0.2) is 0 Å². The van der Waals surface area contributed by atoms with Crippen LogP contribution < -0.4 is 9.47 Å². The summed E-state index contributed by atoms with van der Waals surface area (Å²) in [6, 6.07) is 10.5. The van der Waals surface area contributed by atoms with E-state index in [1.807, 2.05) is 23.1 Å². The van der Waals surface area contributed by atoms with Gasteiger partial charge in [-0.15, -0.1) is 0 Å². The van der Waals surface area contributed by atoms with Gasteiger partial charge in [0.15, 0.2) is 11.5 Å². The number of imide groups is 1. The van der Waals surface area contributed by atoms with Crippen LogP contribution in [0.1, 0.15) is 61.9 Å². The molecule has 0 bridgehead atoms. The summed E-state index contributed by atoms with van der Waals surface area (Å²) in [5, 5.41) is 0. The topological polar surface area (TPSA) is 85.4 Å². The van der Waals surface area contributed by atoms with Crippen LogP contribution in [0.25, 0.3) is 0 Å². The van der Waals surface area contributed by atoms with Gasteiger partial charge < -0.3 is 19.1 Å². The third-order valence-corrected chi connectivity index (χ3v) is 6.41. The maximum Gasteiger partial charge on any atom is 0.261 e. The molecule has 1 atom stereocenters. The first kappa shape index (κ1) is 21.5. The lowest BCUT2D eigenvalue weighted by atomic mass is 10.0. The van der Waals surface area contributed by atoms with Gasteiger partial charge in [0, 0.05) is 32.4 Å². The number of nitrogens with zero attached hydrogens (tertiary/aromatic N) is 2. The molecule has 2 aromatic carbocycles. The number of fused-ring (bicyclic) bond motifs is 2. The van der Waals surface area contributed by atoms with Crippen molar-refractivity contribution in [2.24, 2.45) is 0 Å². The van der Waals surface area contributed by atoms with Crippen LogP contribution in [0.2, 0.25) is 0 Å². The smallest absolute Gasteiger partial charge is 0.261 e. The van der Waals surface area contributed by atoms with Crippen molar-refractivity contribution in [3.05, 3.63) is 58.7 Å². The van der Waals surface area contributed by atoms with E-state index in [9.17, 15) is 14.4 Å². The van der Waals surface area contributed by atoms with Crippen molar-refractivity contribution in [1.29, 1.82) is 0 Å². The van der Waals surface area contributed by atoms with Crippen molar-refractivity contribution in [1.82, 2.24) is 9.80 Å². The molecule has 3 aliphatic rings. The molecule has 8 heteroatoms. The molecule has 8 nitrogen and oxygen atoms in total. The highest BCUT2D eigenvalue weighted by atomic mass is 16.6. The fourth-order valence-corrected chi connectivity index (χ4v) is 4.78. The molecule has 172 valence electrons. The normalized spacial score (nSPS) is 19.2. The molecule has 0 radical (unpaired) electrons. The Bertz CT molecular complexity index is 1110. The Morgan fingerprint density at radius 1 is 1.03 bits per heavy atom. The van der Waals surface area contributed by atoms with Gasteiger partial charge in [-0.3, -0.25) is 19.3 Å². The zero-order chi connectivity index (χ0) is 22.9. The Hall–Kier alpha value is -3.39. The quantitative estimate of drug-likeness (QED) is 0.497. The van der Waals surface area contributed by atoms with Crippen LogP contribution >= 0.6 is 0 Å². The first-order chi connectivity index (χ1) is 16.1. The standard InChI is InChI=1S/C25H26N2O6/c1-31-11-3-10-27-24(29)18-7-5-17(14-19(18)25(27)30)23(28)26-9-2-4-20(26)16-6-8-21-22(15-16)33-13-12-32-21/h5-8,14-15,20H,2-4,9-13H2,1H3/t20-/m0/s1. The highest BCUT2D eigenvalue weighted by Gasteiger charge is 2.37. The number of carbonyl (C=O) groups is 3. The molecular weight excluding hydrogens is 424 g/mol. The summed E-state index contributed by atoms with van der Waals surface area (Å²) in [6.07, 6.45) is 2.31. The van der Waals surface area contributed by atoms with Crippen molar-refractivity contribution in [2.75, 3.05) is 40.0 Å². The van der Waals surface area contributed by atoms with Crippen LogP contribution in [0.4, 0.5) is 0 Å². The maximum atomic E-state index is 13.4. The number of benzene rings is 2. The molecule has 0 aliphatic carbocycles. The van der Waals surface area contributed by atoms with E-state index < -0.39 is 0 Å². The Morgan fingerprint density at radius 3 is 2.64 bits per heavy atom. The van der Waals surface area contributed by atoms with Crippen LogP contribution in [-0.4, -0.2) is 67.5 Å². The summed E-state index contributed by atoms with van der Waals surface area (Å²) < 4.78 is 16.3. The molecular formula is C25H26N2O6. The maximum absolute atomic E-state index is 13.4. The average molecular weight is 450 g/mol. The fourth-order valence-electron chi connectivity index (χ4n) is 4.78. The highest BCUT2D eigenvalue weighted by molar-refractivity contribution is 6.22. The first-order valence-electron chi connectivity index (χ1n) is 11.3. The zero-order valence-electron chi connectivity index (χ0n) is 18.5. The lowest BCUT2D eigenvalue weighted by Crippen LogP contribution is -2.31. The van der Waals surface area contributed by atoms with E-state index in [1.54, 1.807) is 25.3 Å². The molecule has 3 aliphatic heterocycles. The molecule has 1 saturated heterocycles. The average Bonchev–Trinajstić information content (AvgIpc) is 3.43. The minimum Gasteiger partial charge on any atom is -0.486 e. The zero-order valence-corrected chi connectivity index (χ0v) is 18.5. The Kier molecular flexibility index (Phi) is 5.76. The molecule has 0 aromatic heterocycles. The van der Waals surface area contributed by atoms with Crippen LogP contribution in [0.5, 0.6) is 11.5 Å². The van der Waals surface area contributed by atoms with E-state index in [4.69, 9.17) is 14.2 Å². The molecule has 5 rings (SSSR count). The van der Waals surface area contributed by atoms with E-state index in [0.717, 1.165) is 24.2 Å². The van der Waals surface area contributed by atoms with Gasteiger partial charge in [0.2, 0.25) is 0 Å². The van der Waals surface area contributed by atoms with Crippen molar-refractivity contribution < 1.29 is 28.6 Å². The van der Waals surface area contributed by atoms with Gasteiger partial charge in [-0.05, 0) is 55.2 Å². The number of hydrogen-bond acceptors (Lipinski definition) is 6. The van der Waals surface area contributed by atoms with Crippen molar-refractivity contribution in [2.45, 2.75) is 25.3 Å². The number of likely N-dealkylation sites (tertiary alicyclic amines) is 1. The van der Waals surface area contributed by atoms with Gasteiger partial charge in [0.05, 0.1) is 17.2 Å². The van der Waals surface area contributed by atoms with Gasteiger partial charge in [0.1, 0.15) is 13.2 Å². The Balaban J connectivity index is 1.37. The monoisotopic (exact) mass is 450 g/mol. The fraction of sp³-hybridized carbons (Fsp3) is 0.400. The predicted molar refractivity (Wildman–Crippen MR) is 119 cm³/mol. The van der Waals surface area contributed by atoms with Gasteiger partial charge >= 0.3 is 0 Å². The third kappa shape index (κ3) is 3.84. The molecule has 0 N–H and O–H groups in total. The second-order valence-electron chi connectivity index (χ2n) is 8.43. The SMILES string of the molecule is COCCCN1C(=O)c2ccc(C(=O)N3CCC[C@H]3c3ccc4c(c3)OCCO4)cc2C1=O. The summed E-state index contributed by atoms with van der Waals surface area (Å²) in [5.41, 5.74) is 2.05. The first-order valence-corrected chi connectivity index (χ1v) is 11.3. The van der Waals surface area contributed by atoms with Crippen LogP contribution in [0.15, 0.2) is 36.4 Å². The van der Waals surface area contributed by atoms with E-state index in [1.165, 1.54) is 4.90 Å². The van der Waals surface area contributed by atoms with E-state index in [2.05, 4.69) is 0 Å². The summed E-state index contributed by atoms with van der Waals surface area (Å²) in [4.78, 5) is 42.0. The van der Waals surface area contributed by atoms with E-state index in [0.29, 0.717) is 61.8 Å². The summed E-state index contributed by atoms with van der Waals surface area (Å²) in [6.45, 7) is 2.43. The summed E-state index contributed by atoms with van der Waals surface area (Å²) in [7, 11) is 1.58.